The minimum absolute atomic E-state index is 0.137. The van der Waals surface area contributed by atoms with Crippen molar-refractivity contribution in [1.29, 1.82) is 0 Å². The van der Waals surface area contributed by atoms with Gasteiger partial charge >= 0.3 is 5.97 Å². The van der Waals surface area contributed by atoms with Crippen molar-refractivity contribution in [3.8, 4) is 11.5 Å². The van der Waals surface area contributed by atoms with Gasteiger partial charge in [0.05, 0.1) is 5.56 Å². The van der Waals surface area contributed by atoms with Crippen molar-refractivity contribution >= 4 is 11.9 Å². The number of amides is 1. The SMILES string of the molecule is Cc1oc(-c2ccccc2)nc1COC(=O)CNC(=O)c1ccc(F)cc1F. The van der Waals surface area contributed by atoms with Gasteiger partial charge in [-0.2, -0.15) is 0 Å². The molecule has 3 rings (SSSR count). The Bertz CT molecular complexity index is 1000. The fraction of sp³-hybridized carbons (Fsp3) is 0.150. The van der Waals surface area contributed by atoms with E-state index in [2.05, 4.69) is 10.3 Å². The van der Waals surface area contributed by atoms with Crippen molar-refractivity contribution in [2.45, 2.75) is 13.5 Å². The third-order valence-corrected chi connectivity index (χ3v) is 3.85. The van der Waals surface area contributed by atoms with Gasteiger partial charge < -0.3 is 14.5 Å². The summed E-state index contributed by atoms with van der Waals surface area (Å²) in [5.41, 5.74) is 0.869. The number of ether oxygens (including phenoxy) is 1. The Kier molecular flexibility index (Phi) is 5.78. The number of benzene rings is 2. The zero-order chi connectivity index (χ0) is 20.1. The van der Waals surface area contributed by atoms with Crippen LogP contribution in [0.4, 0.5) is 8.78 Å². The molecular formula is C20H16F2N2O4. The number of aryl methyl sites for hydroxylation is 1. The van der Waals surface area contributed by atoms with Gasteiger partial charge in [0.2, 0.25) is 5.89 Å². The number of carbonyl (C=O) groups excluding carboxylic acids is 2. The van der Waals surface area contributed by atoms with Crippen LogP contribution >= 0.6 is 0 Å². The van der Waals surface area contributed by atoms with E-state index in [1.165, 1.54) is 0 Å². The molecular weight excluding hydrogens is 370 g/mol. The number of oxazole rings is 1. The second kappa shape index (κ2) is 8.43. The van der Waals surface area contributed by atoms with Gasteiger partial charge in [-0.3, -0.25) is 9.59 Å². The number of esters is 1. The first-order chi connectivity index (χ1) is 13.4. The maximum Gasteiger partial charge on any atom is 0.325 e. The summed E-state index contributed by atoms with van der Waals surface area (Å²) >= 11 is 0. The fourth-order valence-corrected chi connectivity index (χ4v) is 2.39. The van der Waals surface area contributed by atoms with Crippen molar-refractivity contribution in [2.24, 2.45) is 0 Å². The number of nitrogens with one attached hydrogen (secondary N) is 1. The first kappa shape index (κ1) is 19.2. The topological polar surface area (TPSA) is 81.4 Å². The summed E-state index contributed by atoms with van der Waals surface area (Å²) in [7, 11) is 0. The Hall–Kier alpha value is -3.55. The Labute approximate surface area is 159 Å². The van der Waals surface area contributed by atoms with E-state index in [1.54, 1.807) is 6.92 Å². The van der Waals surface area contributed by atoms with E-state index >= 15 is 0 Å². The molecule has 6 nitrogen and oxygen atoms in total. The molecule has 0 bridgehead atoms. The highest BCUT2D eigenvalue weighted by atomic mass is 19.1. The Balaban J connectivity index is 1.53. The molecule has 1 N–H and O–H groups in total. The predicted octanol–water partition coefficient (Wildman–Crippen LogP) is 3.40. The highest BCUT2D eigenvalue weighted by Gasteiger charge is 2.16. The van der Waals surface area contributed by atoms with Crippen LogP contribution in [-0.4, -0.2) is 23.4 Å². The second-order valence-corrected chi connectivity index (χ2v) is 5.86. The van der Waals surface area contributed by atoms with Gasteiger partial charge in [0, 0.05) is 11.6 Å². The van der Waals surface area contributed by atoms with E-state index < -0.39 is 30.1 Å². The monoisotopic (exact) mass is 386 g/mol. The van der Waals surface area contributed by atoms with Gasteiger partial charge in [0.1, 0.15) is 36.2 Å². The predicted molar refractivity (Wildman–Crippen MR) is 95.2 cm³/mol. The standard InChI is InChI=1S/C20H16F2N2O4/c1-12-17(24-20(28-12)13-5-3-2-4-6-13)11-27-18(25)10-23-19(26)15-8-7-14(21)9-16(15)22/h2-9H,10-11H2,1H3,(H,23,26). The van der Waals surface area contributed by atoms with Gasteiger partial charge in [-0.1, -0.05) is 18.2 Å². The van der Waals surface area contributed by atoms with E-state index in [-0.39, 0.29) is 12.2 Å². The molecule has 0 spiro atoms. The molecule has 8 heteroatoms. The summed E-state index contributed by atoms with van der Waals surface area (Å²) in [6, 6.07) is 11.8. The molecule has 0 atom stereocenters. The van der Waals surface area contributed by atoms with Crippen LogP contribution in [-0.2, 0) is 16.1 Å². The van der Waals surface area contributed by atoms with Crippen LogP contribution in [0.2, 0.25) is 0 Å². The van der Waals surface area contributed by atoms with Crippen molar-refractivity contribution in [3.05, 3.63) is 77.2 Å². The lowest BCUT2D eigenvalue weighted by Crippen LogP contribution is -2.31. The molecule has 0 saturated carbocycles. The number of hydrogen-bond donors (Lipinski definition) is 1. The number of rotatable bonds is 6. The molecule has 1 aromatic heterocycles. The quantitative estimate of drug-likeness (QED) is 0.657. The van der Waals surface area contributed by atoms with Gasteiger partial charge in [-0.25, -0.2) is 13.8 Å². The average Bonchev–Trinajstić information content (AvgIpc) is 3.06. The van der Waals surface area contributed by atoms with Gasteiger partial charge in [-0.05, 0) is 31.2 Å². The van der Waals surface area contributed by atoms with E-state index in [4.69, 9.17) is 9.15 Å². The maximum atomic E-state index is 13.5. The first-order valence-corrected chi connectivity index (χ1v) is 8.34. The lowest BCUT2D eigenvalue weighted by atomic mass is 10.2. The van der Waals surface area contributed by atoms with Crippen LogP contribution in [0.25, 0.3) is 11.5 Å². The second-order valence-electron chi connectivity index (χ2n) is 5.86. The Morgan fingerprint density at radius 3 is 2.61 bits per heavy atom. The highest BCUT2D eigenvalue weighted by Crippen LogP contribution is 2.21. The molecule has 0 aliphatic rings. The summed E-state index contributed by atoms with van der Waals surface area (Å²) in [5, 5.41) is 2.22. The minimum atomic E-state index is -1.02. The van der Waals surface area contributed by atoms with E-state index in [1.807, 2.05) is 30.3 Å². The first-order valence-electron chi connectivity index (χ1n) is 8.34. The van der Waals surface area contributed by atoms with Crippen molar-refractivity contribution < 1.29 is 27.5 Å². The molecule has 0 fully saturated rings. The Morgan fingerprint density at radius 1 is 1.14 bits per heavy atom. The van der Waals surface area contributed by atoms with Crippen LogP contribution in [0, 0.1) is 18.6 Å². The fourth-order valence-electron chi connectivity index (χ4n) is 2.39. The van der Waals surface area contributed by atoms with E-state index in [9.17, 15) is 18.4 Å². The molecule has 28 heavy (non-hydrogen) atoms. The third-order valence-electron chi connectivity index (χ3n) is 3.85. The van der Waals surface area contributed by atoms with E-state index in [0.29, 0.717) is 23.4 Å². The molecule has 144 valence electrons. The molecule has 0 radical (unpaired) electrons. The molecule has 0 saturated heterocycles. The Morgan fingerprint density at radius 2 is 1.89 bits per heavy atom. The number of hydrogen-bond acceptors (Lipinski definition) is 5. The molecule has 3 aromatic rings. The van der Waals surface area contributed by atoms with Crippen molar-refractivity contribution in [3.63, 3.8) is 0 Å². The molecule has 0 aliphatic carbocycles. The number of nitrogens with zero attached hydrogens (tertiary/aromatic N) is 1. The molecule has 0 unspecified atom stereocenters. The number of halogens is 2. The van der Waals surface area contributed by atoms with Crippen LogP contribution in [0.15, 0.2) is 52.9 Å². The lowest BCUT2D eigenvalue weighted by molar-refractivity contribution is -0.143. The van der Waals surface area contributed by atoms with Gasteiger partial charge in [0.15, 0.2) is 0 Å². The number of carbonyl (C=O) groups is 2. The molecule has 2 aromatic carbocycles. The van der Waals surface area contributed by atoms with E-state index in [0.717, 1.165) is 17.7 Å². The normalized spacial score (nSPS) is 10.5. The summed E-state index contributed by atoms with van der Waals surface area (Å²) in [6.07, 6.45) is 0. The van der Waals surface area contributed by atoms with Crippen LogP contribution in [0.3, 0.4) is 0 Å². The third kappa shape index (κ3) is 4.59. The summed E-state index contributed by atoms with van der Waals surface area (Å²) < 4.78 is 37.0. The lowest BCUT2D eigenvalue weighted by Gasteiger charge is -2.06. The van der Waals surface area contributed by atoms with Crippen molar-refractivity contribution in [2.75, 3.05) is 6.54 Å². The van der Waals surface area contributed by atoms with Crippen LogP contribution in [0.5, 0.6) is 0 Å². The number of aromatic nitrogens is 1. The largest absolute Gasteiger partial charge is 0.458 e. The highest BCUT2D eigenvalue weighted by molar-refractivity contribution is 5.96. The summed E-state index contributed by atoms with van der Waals surface area (Å²) in [5.74, 6) is -2.49. The van der Waals surface area contributed by atoms with Crippen molar-refractivity contribution in [1.82, 2.24) is 10.3 Å². The molecule has 0 aliphatic heterocycles. The average molecular weight is 386 g/mol. The zero-order valence-corrected chi connectivity index (χ0v) is 14.9. The van der Waals surface area contributed by atoms with Gasteiger partial charge in [0.25, 0.3) is 5.91 Å². The summed E-state index contributed by atoms with van der Waals surface area (Å²) in [6.45, 7) is 1.08. The van der Waals surface area contributed by atoms with Gasteiger partial charge in [-0.15, -0.1) is 0 Å². The molecule has 1 amide bonds. The van der Waals surface area contributed by atoms with Crippen LogP contribution in [0.1, 0.15) is 21.8 Å². The zero-order valence-electron chi connectivity index (χ0n) is 14.9. The minimum Gasteiger partial charge on any atom is -0.458 e. The maximum absolute atomic E-state index is 13.5. The van der Waals surface area contributed by atoms with Crippen LogP contribution < -0.4 is 5.32 Å². The smallest absolute Gasteiger partial charge is 0.325 e. The molecule has 1 heterocycles. The summed E-state index contributed by atoms with van der Waals surface area (Å²) in [4.78, 5) is 28.0.